The highest BCUT2D eigenvalue weighted by atomic mass is 35.5. The summed E-state index contributed by atoms with van der Waals surface area (Å²) in [7, 11) is 1.76. The number of benzene rings is 2. The predicted octanol–water partition coefficient (Wildman–Crippen LogP) is 5.50. The van der Waals surface area contributed by atoms with Crippen LogP contribution in [0.4, 0.5) is 5.82 Å². The standard InChI is InChI=1S/C21H16Cl2N4O/c1-12-5-6-16(22)14(8-12)19-11-20(27(2)26-19)25-21(28)15-10-18-13(9-17(15)23)4-3-7-24-18/h3-11H,1-2H3,(H,25,28). The number of carbonyl (C=O) groups excluding carboxylic acids is 1. The minimum Gasteiger partial charge on any atom is -0.307 e. The van der Waals surface area contributed by atoms with Gasteiger partial charge in [-0.1, -0.05) is 40.9 Å². The molecule has 0 radical (unpaired) electrons. The summed E-state index contributed by atoms with van der Waals surface area (Å²) in [6, 6.07) is 14.7. The first-order valence-electron chi connectivity index (χ1n) is 8.58. The number of halogens is 2. The van der Waals surface area contributed by atoms with E-state index < -0.39 is 0 Å². The van der Waals surface area contributed by atoms with Crippen molar-refractivity contribution < 1.29 is 4.79 Å². The molecule has 0 bridgehead atoms. The molecule has 1 amide bonds. The number of anilines is 1. The van der Waals surface area contributed by atoms with Crippen molar-refractivity contribution in [1.29, 1.82) is 0 Å². The van der Waals surface area contributed by atoms with Gasteiger partial charge in [-0.15, -0.1) is 0 Å². The van der Waals surface area contributed by atoms with Crippen LogP contribution in [0, 0.1) is 6.92 Å². The fraction of sp³-hybridized carbons (Fsp3) is 0.0952. The van der Waals surface area contributed by atoms with Gasteiger partial charge in [0, 0.05) is 30.3 Å². The molecule has 0 aliphatic carbocycles. The predicted molar refractivity (Wildman–Crippen MR) is 113 cm³/mol. The molecule has 0 saturated carbocycles. The van der Waals surface area contributed by atoms with Gasteiger partial charge < -0.3 is 5.32 Å². The monoisotopic (exact) mass is 410 g/mol. The number of carbonyl (C=O) groups is 1. The van der Waals surface area contributed by atoms with E-state index in [9.17, 15) is 4.79 Å². The van der Waals surface area contributed by atoms with Crippen LogP contribution < -0.4 is 5.32 Å². The van der Waals surface area contributed by atoms with Gasteiger partial charge in [0.1, 0.15) is 5.82 Å². The smallest absolute Gasteiger partial charge is 0.258 e. The maximum atomic E-state index is 12.8. The van der Waals surface area contributed by atoms with Gasteiger partial charge in [0.25, 0.3) is 5.91 Å². The molecular formula is C21H16Cl2N4O. The van der Waals surface area contributed by atoms with Crippen molar-refractivity contribution in [3.8, 4) is 11.3 Å². The zero-order valence-corrected chi connectivity index (χ0v) is 16.7. The van der Waals surface area contributed by atoms with E-state index in [1.54, 1.807) is 36.1 Å². The van der Waals surface area contributed by atoms with E-state index in [4.69, 9.17) is 23.2 Å². The molecule has 0 atom stereocenters. The summed E-state index contributed by atoms with van der Waals surface area (Å²) in [4.78, 5) is 17.1. The summed E-state index contributed by atoms with van der Waals surface area (Å²) in [5.41, 5.74) is 3.62. The van der Waals surface area contributed by atoms with Crippen LogP contribution in [-0.4, -0.2) is 20.7 Å². The molecule has 2 aromatic heterocycles. The molecule has 2 aromatic carbocycles. The number of hydrogen-bond donors (Lipinski definition) is 1. The Morgan fingerprint density at radius 1 is 1.07 bits per heavy atom. The third kappa shape index (κ3) is 3.46. The second-order valence-corrected chi connectivity index (χ2v) is 7.32. The summed E-state index contributed by atoms with van der Waals surface area (Å²) in [5, 5.41) is 9.18. The number of aromatic nitrogens is 3. The lowest BCUT2D eigenvalue weighted by Gasteiger charge is -2.08. The Kier molecular flexibility index (Phi) is 4.79. The summed E-state index contributed by atoms with van der Waals surface area (Å²) in [6.07, 6.45) is 1.68. The Balaban J connectivity index is 1.66. The minimum atomic E-state index is -0.331. The molecule has 7 heteroatoms. The molecular weight excluding hydrogens is 395 g/mol. The molecule has 4 rings (SSSR count). The number of rotatable bonds is 3. The number of pyridine rings is 1. The number of nitrogens with zero attached hydrogens (tertiary/aromatic N) is 3. The molecule has 5 nitrogen and oxygen atoms in total. The quantitative estimate of drug-likeness (QED) is 0.484. The van der Waals surface area contributed by atoms with Crippen molar-refractivity contribution in [2.45, 2.75) is 6.92 Å². The van der Waals surface area contributed by atoms with Crippen molar-refractivity contribution in [2.24, 2.45) is 7.05 Å². The molecule has 1 N–H and O–H groups in total. The molecule has 0 saturated heterocycles. The van der Waals surface area contributed by atoms with Crippen molar-refractivity contribution >= 4 is 45.8 Å². The van der Waals surface area contributed by atoms with Gasteiger partial charge in [-0.25, -0.2) is 0 Å². The SMILES string of the molecule is Cc1ccc(Cl)c(-c2cc(NC(=O)c3cc4ncccc4cc3Cl)n(C)n2)c1. The molecule has 0 aliphatic heterocycles. The lowest BCUT2D eigenvalue weighted by atomic mass is 10.1. The third-order valence-electron chi connectivity index (χ3n) is 4.46. The van der Waals surface area contributed by atoms with Crippen LogP contribution in [-0.2, 0) is 7.05 Å². The molecule has 0 fully saturated rings. The van der Waals surface area contributed by atoms with Gasteiger partial charge in [0.2, 0.25) is 0 Å². The lowest BCUT2D eigenvalue weighted by Crippen LogP contribution is -2.15. The summed E-state index contributed by atoms with van der Waals surface area (Å²) in [6.45, 7) is 1.99. The first-order chi connectivity index (χ1) is 13.4. The van der Waals surface area contributed by atoms with Crippen molar-refractivity contribution in [2.75, 3.05) is 5.32 Å². The Labute approximate surface area is 171 Å². The first kappa shape index (κ1) is 18.5. The fourth-order valence-electron chi connectivity index (χ4n) is 3.00. The normalized spacial score (nSPS) is 11.0. The van der Waals surface area contributed by atoms with Crippen LogP contribution in [0.2, 0.25) is 10.0 Å². The van der Waals surface area contributed by atoms with Crippen molar-refractivity contribution in [3.63, 3.8) is 0 Å². The number of fused-ring (bicyclic) bond motifs is 1. The number of amides is 1. The van der Waals surface area contributed by atoms with E-state index >= 15 is 0 Å². The Bertz CT molecular complexity index is 1220. The van der Waals surface area contributed by atoms with Crippen LogP contribution in [0.15, 0.2) is 54.7 Å². The zero-order valence-electron chi connectivity index (χ0n) is 15.2. The highest BCUT2D eigenvalue weighted by Crippen LogP contribution is 2.30. The number of nitrogens with one attached hydrogen (secondary N) is 1. The topological polar surface area (TPSA) is 59.8 Å². The Morgan fingerprint density at radius 2 is 1.89 bits per heavy atom. The first-order valence-corrected chi connectivity index (χ1v) is 9.34. The molecule has 4 aromatic rings. The van der Waals surface area contributed by atoms with Gasteiger partial charge in [0.05, 0.1) is 26.8 Å². The van der Waals surface area contributed by atoms with Crippen LogP contribution in [0.5, 0.6) is 0 Å². The molecule has 0 unspecified atom stereocenters. The van der Waals surface area contributed by atoms with E-state index in [-0.39, 0.29) is 5.91 Å². The highest BCUT2D eigenvalue weighted by Gasteiger charge is 2.16. The van der Waals surface area contributed by atoms with Crippen LogP contribution in [0.3, 0.4) is 0 Å². The van der Waals surface area contributed by atoms with Gasteiger partial charge >= 0.3 is 0 Å². The summed E-state index contributed by atoms with van der Waals surface area (Å²) >= 11 is 12.6. The van der Waals surface area contributed by atoms with E-state index in [0.717, 1.165) is 16.5 Å². The Morgan fingerprint density at radius 3 is 2.71 bits per heavy atom. The second-order valence-electron chi connectivity index (χ2n) is 6.50. The van der Waals surface area contributed by atoms with Gasteiger partial charge in [-0.2, -0.15) is 5.10 Å². The van der Waals surface area contributed by atoms with Crippen molar-refractivity contribution in [3.05, 3.63) is 75.9 Å². The van der Waals surface area contributed by atoms with E-state index in [1.165, 1.54) is 0 Å². The largest absolute Gasteiger partial charge is 0.307 e. The second kappa shape index (κ2) is 7.26. The van der Waals surface area contributed by atoms with Crippen LogP contribution in [0.1, 0.15) is 15.9 Å². The van der Waals surface area contributed by atoms with Crippen molar-refractivity contribution in [1.82, 2.24) is 14.8 Å². The summed E-state index contributed by atoms with van der Waals surface area (Å²) < 4.78 is 1.60. The molecule has 0 aliphatic rings. The van der Waals surface area contributed by atoms with Gasteiger partial charge in [0.15, 0.2) is 0 Å². The van der Waals surface area contributed by atoms with Gasteiger partial charge in [-0.05, 0) is 37.3 Å². The lowest BCUT2D eigenvalue weighted by molar-refractivity contribution is 0.102. The molecule has 28 heavy (non-hydrogen) atoms. The average molecular weight is 411 g/mol. The Hall–Kier alpha value is -2.89. The van der Waals surface area contributed by atoms with Crippen LogP contribution in [0.25, 0.3) is 22.2 Å². The minimum absolute atomic E-state index is 0.331. The van der Waals surface area contributed by atoms with E-state index in [1.807, 2.05) is 37.3 Å². The number of hydrogen-bond acceptors (Lipinski definition) is 3. The number of aryl methyl sites for hydroxylation is 2. The zero-order chi connectivity index (χ0) is 19.8. The maximum absolute atomic E-state index is 12.8. The summed E-state index contributed by atoms with van der Waals surface area (Å²) in [5.74, 6) is 0.206. The van der Waals surface area contributed by atoms with E-state index in [0.29, 0.717) is 32.6 Å². The molecule has 0 spiro atoms. The molecule has 140 valence electrons. The van der Waals surface area contributed by atoms with Crippen LogP contribution >= 0.6 is 23.2 Å². The maximum Gasteiger partial charge on any atom is 0.258 e. The average Bonchev–Trinajstić information content (AvgIpc) is 3.03. The fourth-order valence-corrected chi connectivity index (χ4v) is 3.47. The van der Waals surface area contributed by atoms with E-state index in [2.05, 4.69) is 15.4 Å². The van der Waals surface area contributed by atoms with Gasteiger partial charge in [-0.3, -0.25) is 14.5 Å². The highest BCUT2D eigenvalue weighted by molar-refractivity contribution is 6.35. The third-order valence-corrected chi connectivity index (χ3v) is 5.10. The molecule has 2 heterocycles.